The van der Waals surface area contributed by atoms with Crippen molar-refractivity contribution >= 4 is 34.2 Å². The molecule has 0 radical (unpaired) electrons. The van der Waals surface area contributed by atoms with E-state index < -0.39 is 10.9 Å². The van der Waals surface area contributed by atoms with E-state index in [1.165, 1.54) is 22.8 Å². The van der Waals surface area contributed by atoms with Gasteiger partial charge in [-0.3, -0.25) is 10.1 Å². The van der Waals surface area contributed by atoms with E-state index in [0.717, 1.165) is 5.56 Å². The monoisotopic (exact) mass is 374 g/mol. The Kier molecular flexibility index (Phi) is 4.56. The molecule has 0 unspecified atom stereocenters. The SMILES string of the molecule is CCc1cccc2c1c(Oc1ccc(Cl)cc1[N+](=O)[O-])c(C(=O)O)n2C. The van der Waals surface area contributed by atoms with Crippen LogP contribution in [0.3, 0.4) is 0 Å². The van der Waals surface area contributed by atoms with E-state index in [1.807, 2.05) is 19.1 Å². The van der Waals surface area contributed by atoms with Crippen molar-refractivity contribution in [3.05, 3.63) is 62.8 Å². The number of rotatable bonds is 5. The maximum atomic E-state index is 11.8. The third-order valence-electron chi connectivity index (χ3n) is 4.18. The Morgan fingerprint density at radius 1 is 1.35 bits per heavy atom. The number of hydrogen-bond donors (Lipinski definition) is 1. The van der Waals surface area contributed by atoms with Gasteiger partial charge in [0.1, 0.15) is 0 Å². The summed E-state index contributed by atoms with van der Waals surface area (Å²) in [6, 6.07) is 9.47. The number of benzene rings is 2. The van der Waals surface area contributed by atoms with Crippen LogP contribution in [0.15, 0.2) is 36.4 Å². The maximum Gasteiger partial charge on any atom is 0.356 e. The van der Waals surface area contributed by atoms with Crippen molar-refractivity contribution in [1.82, 2.24) is 4.57 Å². The molecule has 0 fully saturated rings. The highest BCUT2D eigenvalue weighted by Gasteiger charge is 2.26. The first-order valence-electron chi connectivity index (χ1n) is 7.80. The molecule has 0 aliphatic rings. The molecule has 26 heavy (non-hydrogen) atoms. The summed E-state index contributed by atoms with van der Waals surface area (Å²) in [7, 11) is 1.62. The van der Waals surface area contributed by atoms with Crippen molar-refractivity contribution in [3.63, 3.8) is 0 Å². The number of aromatic nitrogens is 1. The summed E-state index contributed by atoms with van der Waals surface area (Å²) in [5, 5.41) is 21.8. The first-order chi connectivity index (χ1) is 12.3. The Balaban J connectivity index is 2.30. The van der Waals surface area contributed by atoms with Gasteiger partial charge >= 0.3 is 11.7 Å². The van der Waals surface area contributed by atoms with Crippen LogP contribution in [0.5, 0.6) is 11.5 Å². The van der Waals surface area contributed by atoms with Crippen molar-refractivity contribution < 1.29 is 19.6 Å². The van der Waals surface area contributed by atoms with Crippen molar-refractivity contribution in [2.45, 2.75) is 13.3 Å². The van der Waals surface area contributed by atoms with Gasteiger partial charge in [0, 0.05) is 23.5 Å². The quantitative estimate of drug-likeness (QED) is 0.511. The molecule has 7 nitrogen and oxygen atoms in total. The maximum absolute atomic E-state index is 11.8. The molecule has 0 bridgehead atoms. The molecule has 0 atom stereocenters. The van der Waals surface area contributed by atoms with E-state index in [-0.39, 0.29) is 27.9 Å². The van der Waals surface area contributed by atoms with Gasteiger partial charge in [0.05, 0.1) is 10.4 Å². The summed E-state index contributed by atoms with van der Waals surface area (Å²) in [6.07, 6.45) is 0.652. The number of carboxylic acids is 1. The summed E-state index contributed by atoms with van der Waals surface area (Å²) < 4.78 is 7.30. The first-order valence-corrected chi connectivity index (χ1v) is 8.18. The van der Waals surface area contributed by atoms with Crippen LogP contribution in [-0.2, 0) is 13.5 Å². The number of nitro groups is 1. The average Bonchev–Trinajstić information content (AvgIpc) is 2.88. The zero-order chi connectivity index (χ0) is 19.0. The fourth-order valence-electron chi connectivity index (χ4n) is 2.98. The van der Waals surface area contributed by atoms with Crippen LogP contribution in [0.4, 0.5) is 5.69 Å². The molecule has 0 amide bonds. The summed E-state index contributed by atoms with van der Waals surface area (Å²) in [5.74, 6) is -1.17. The molecule has 0 saturated carbocycles. The van der Waals surface area contributed by atoms with Gasteiger partial charge in [-0.05, 0) is 30.2 Å². The van der Waals surface area contributed by atoms with Gasteiger partial charge in [-0.2, -0.15) is 0 Å². The molecule has 1 N–H and O–H groups in total. The van der Waals surface area contributed by atoms with Gasteiger partial charge in [0.2, 0.25) is 5.75 Å². The predicted octanol–water partition coefficient (Wildman–Crippen LogP) is 4.79. The van der Waals surface area contributed by atoms with E-state index in [9.17, 15) is 20.0 Å². The number of aromatic carboxylic acids is 1. The van der Waals surface area contributed by atoms with Gasteiger partial charge in [0.25, 0.3) is 0 Å². The molecule has 8 heteroatoms. The van der Waals surface area contributed by atoms with Gasteiger partial charge in [0.15, 0.2) is 11.4 Å². The number of nitro benzene ring substituents is 1. The lowest BCUT2D eigenvalue weighted by Gasteiger charge is -2.09. The van der Waals surface area contributed by atoms with E-state index in [2.05, 4.69) is 0 Å². The first kappa shape index (κ1) is 17.8. The molecule has 3 rings (SSSR count). The fraction of sp³-hybridized carbons (Fsp3) is 0.167. The number of ether oxygens (including phenoxy) is 1. The van der Waals surface area contributed by atoms with Crippen LogP contribution in [0.1, 0.15) is 23.0 Å². The van der Waals surface area contributed by atoms with Gasteiger partial charge in [-0.25, -0.2) is 4.79 Å². The summed E-state index contributed by atoms with van der Waals surface area (Å²) in [5.41, 5.74) is 1.15. The molecule has 134 valence electrons. The zero-order valence-electron chi connectivity index (χ0n) is 14.0. The minimum Gasteiger partial charge on any atom is -0.476 e. The zero-order valence-corrected chi connectivity index (χ0v) is 14.8. The largest absolute Gasteiger partial charge is 0.476 e. The summed E-state index contributed by atoms with van der Waals surface area (Å²) in [4.78, 5) is 22.5. The van der Waals surface area contributed by atoms with Crippen LogP contribution in [0.25, 0.3) is 10.9 Å². The lowest BCUT2D eigenvalue weighted by molar-refractivity contribution is -0.385. The van der Waals surface area contributed by atoms with Crippen LogP contribution < -0.4 is 4.74 Å². The Bertz CT molecular complexity index is 1040. The van der Waals surface area contributed by atoms with Crippen molar-refractivity contribution in [2.75, 3.05) is 0 Å². The Morgan fingerprint density at radius 2 is 2.08 bits per heavy atom. The molecule has 1 aromatic heterocycles. The minimum absolute atomic E-state index is 0.0692. The highest BCUT2D eigenvalue weighted by Crippen LogP contribution is 2.41. The molecule has 1 heterocycles. The van der Waals surface area contributed by atoms with E-state index in [0.29, 0.717) is 17.3 Å². The number of nitrogens with zero attached hydrogens (tertiary/aromatic N) is 2. The second kappa shape index (κ2) is 6.68. The molecule has 0 spiro atoms. The number of aryl methyl sites for hydroxylation is 2. The molecule has 3 aromatic rings. The number of carboxylic acid groups (broad SMARTS) is 1. The minimum atomic E-state index is -1.18. The molecule has 2 aromatic carbocycles. The fourth-order valence-corrected chi connectivity index (χ4v) is 3.15. The molecule has 0 saturated heterocycles. The van der Waals surface area contributed by atoms with E-state index in [1.54, 1.807) is 13.1 Å². The van der Waals surface area contributed by atoms with Crippen molar-refractivity contribution in [1.29, 1.82) is 0 Å². The second-order valence-electron chi connectivity index (χ2n) is 5.68. The van der Waals surface area contributed by atoms with Crippen molar-refractivity contribution in [3.8, 4) is 11.5 Å². The van der Waals surface area contributed by atoms with E-state index >= 15 is 0 Å². The standard InChI is InChI=1S/C18H15ClN2O5/c1-3-10-5-4-6-12-15(10)17(16(18(22)23)20(12)2)26-14-8-7-11(19)9-13(14)21(24)25/h4-9H,3H2,1-2H3,(H,22,23). The van der Waals surface area contributed by atoms with Gasteiger partial charge in [-0.15, -0.1) is 0 Å². The Labute approximate surface area is 153 Å². The number of halogens is 1. The Hall–Kier alpha value is -3.06. The highest BCUT2D eigenvalue weighted by atomic mass is 35.5. The topological polar surface area (TPSA) is 94.6 Å². The molecular weight excluding hydrogens is 360 g/mol. The lowest BCUT2D eigenvalue weighted by atomic mass is 10.1. The number of fused-ring (bicyclic) bond motifs is 1. The number of carbonyl (C=O) groups is 1. The van der Waals surface area contributed by atoms with Gasteiger partial charge < -0.3 is 14.4 Å². The smallest absolute Gasteiger partial charge is 0.356 e. The lowest BCUT2D eigenvalue weighted by Crippen LogP contribution is -2.06. The molecule has 0 aliphatic carbocycles. The van der Waals surface area contributed by atoms with Crippen LogP contribution >= 0.6 is 11.6 Å². The average molecular weight is 375 g/mol. The molecular formula is C18H15ClN2O5. The third kappa shape index (κ3) is 2.86. The van der Waals surface area contributed by atoms with E-state index in [4.69, 9.17) is 16.3 Å². The van der Waals surface area contributed by atoms with Gasteiger partial charge in [-0.1, -0.05) is 30.7 Å². The summed E-state index contributed by atoms with van der Waals surface area (Å²) in [6.45, 7) is 1.94. The van der Waals surface area contributed by atoms with Crippen LogP contribution in [-0.4, -0.2) is 20.6 Å². The van der Waals surface area contributed by atoms with Crippen LogP contribution in [0, 0.1) is 10.1 Å². The predicted molar refractivity (Wildman–Crippen MR) is 97.4 cm³/mol. The Morgan fingerprint density at radius 3 is 2.69 bits per heavy atom. The van der Waals surface area contributed by atoms with Crippen molar-refractivity contribution in [2.24, 2.45) is 7.05 Å². The third-order valence-corrected chi connectivity index (χ3v) is 4.42. The summed E-state index contributed by atoms with van der Waals surface area (Å²) >= 11 is 5.83. The normalized spacial score (nSPS) is 10.9. The second-order valence-corrected chi connectivity index (χ2v) is 6.11. The highest BCUT2D eigenvalue weighted by molar-refractivity contribution is 6.30. The van der Waals surface area contributed by atoms with Crippen LogP contribution in [0.2, 0.25) is 5.02 Å². The molecule has 0 aliphatic heterocycles. The number of hydrogen-bond acceptors (Lipinski definition) is 4.